The van der Waals surface area contributed by atoms with Gasteiger partial charge in [-0.05, 0) is 24.6 Å². The highest BCUT2D eigenvalue weighted by atomic mass is 16.5. The van der Waals surface area contributed by atoms with Crippen LogP contribution in [0.5, 0.6) is 0 Å². The number of amides is 2. The van der Waals surface area contributed by atoms with E-state index in [9.17, 15) is 9.59 Å². The maximum atomic E-state index is 11.6. The number of carboxylic acids is 1. The van der Waals surface area contributed by atoms with Crippen LogP contribution in [0.15, 0.2) is 28.8 Å². The number of carbonyl (C=O) groups excluding carboxylic acids is 1. The van der Waals surface area contributed by atoms with E-state index in [0.717, 1.165) is 5.56 Å². The summed E-state index contributed by atoms with van der Waals surface area (Å²) in [6.45, 7) is 2.12. The molecule has 110 valence electrons. The maximum absolute atomic E-state index is 11.6. The first-order valence-corrected chi connectivity index (χ1v) is 6.17. The van der Waals surface area contributed by atoms with Crippen LogP contribution < -0.4 is 10.6 Å². The van der Waals surface area contributed by atoms with E-state index in [-0.39, 0.29) is 24.7 Å². The average molecular weight is 290 g/mol. The van der Waals surface area contributed by atoms with E-state index in [1.165, 1.54) is 12.1 Å². The molecule has 0 unspecified atom stereocenters. The van der Waals surface area contributed by atoms with E-state index in [1.54, 1.807) is 19.1 Å². The standard InChI is InChI=1S/C13H14N4O4/c1-8-16-11(21-17-8)7-15-13(20)14-6-9-2-4-10(5-3-9)12(18)19/h2-5H,6-7H2,1H3,(H,18,19)(H2,14,15,20). The summed E-state index contributed by atoms with van der Waals surface area (Å²) in [5, 5.41) is 17.6. The second-order valence-corrected chi connectivity index (χ2v) is 4.27. The Labute approximate surface area is 120 Å². The van der Waals surface area contributed by atoms with Gasteiger partial charge in [0, 0.05) is 6.54 Å². The smallest absolute Gasteiger partial charge is 0.335 e. The lowest BCUT2D eigenvalue weighted by Gasteiger charge is -2.06. The lowest BCUT2D eigenvalue weighted by atomic mass is 10.1. The Kier molecular flexibility index (Phi) is 4.50. The first-order chi connectivity index (χ1) is 10.0. The molecule has 3 N–H and O–H groups in total. The van der Waals surface area contributed by atoms with E-state index in [4.69, 9.17) is 9.63 Å². The number of aromatic carboxylic acids is 1. The number of hydrogen-bond donors (Lipinski definition) is 3. The summed E-state index contributed by atoms with van der Waals surface area (Å²) in [5.41, 5.74) is 0.999. The molecule has 2 aromatic rings. The Bertz CT molecular complexity index is 636. The molecule has 0 aliphatic heterocycles. The number of aryl methyl sites for hydroxylation is 1. The van der Waals surface area contributed by atoms with Crippen LogP contribution in [0.25, 0.3) is 0 Å². The summed E-state index contributed by atoms with van der Waals surface area (Å²) >= 11 is 0. The first kappa shape index (κ1) is 14.5. The topological polar surface area (TPSA) is 117 Å². The van der Waals surface area contributed by atoms with Crippen molar-refractivity contribution in [3.63, 3.8) is 0 Å². The fraction of sp³-hybridized carbons (Fsp3) is 0.231. The van der Waals surface area contributed by atoms with Crippen LogP contribution in [-0.4, -0.2) is 27.2 Å². The van der Waals surface area contributed by atoms with Gasteiger partial charge in [-0.25, -0.2) is 9.59 Å². The monoisotopic (exact) mass is 290 g/mol. The van der Waals surface area contributed by atoms with Crippen molar-refractivity contribution in [1.82, 2.24) is 20.8 Å². The van der Waals surface area contributed by atoms with Crippen molar-refractivity contribution >= 4 is 12.0 Å². The van der Waals surface area contributed by atoms with Crippen LogP contribution in [-0.2, 0) is 13.1 Å². The van der Waals surface area contributed by atoms with Gasteiger partial charge in [-0.3, -0.25) is 0 Å². The molecule has 0 aliphatic carbocycles. The number of rotatable bonds is 5. The van der Waals surface area contributed by atoms with Crippen LogP contribution >= 0.6 is 0 Å². The zero-order chi connectivity index (χ0) is 15.2. The van der Waals surface area contributed by atoms with E-state index in [1.807, 2.05) is 0 Å². The molecule has 0 saturated carbocycles. The molecule has 8 heteroatoms. The van der Waals surface area contributed by atoms with Gasteiger partial charge in [0.1, 0.15) is 0 Å². The minimum absolute atomic E-state index is 0.143. The van der Waals surface area contributed by atoms with Crippen LogP contribution in [0.2, 0.25) is 0 Å². The summed E-state index contributed by atoms with van der Waals surface area (Å²) < 4.78 is 4.85. The number of urea groups is 1. The Balaban J connectivity index is 1.77. The van der Waals surface area contributed by atoms with Gasteiger partial charge in [-0.1, -0.05) is 17.3 Å². The van der Waals surface area contributed by atoms with Gasteiger partial charge >= 0.3 is 12.0 Å². The summed E-state index contributed by atoms with van der Waals surface area (Å²) in [6, 6.07) is 5.88. The quantitative estimate of drug-likeness (QED) is 0.758. The highest BCUT2D eigenvalue weighted by Gasteiger charge is 2.06. The van der Waals surface area contributed by atoms with Gasteiger partial charge in [0.2, 0.25) is 5.89 Å². The average Bonchev–Trinajstić information content (AvgIpc) is 2.89. The lowest BCUT2D eigenvalue weighted by Crippen LogP contribution is -2.34. The third-order valence-corrected chi connectivity index (χ3v) is 2.62. The SMILES string of the molecule is Cc1noc(CNC(=O)NCc2ccc(C(=O)O)cc2)n1. The fourth-order valence-electron chi connectivity index (χ4n) is 1.58. The van der Waals surface area contributed by atoms with Crippen LogP contribution in [0.4, 0.5) is 4.79 Å². The molecule has 0 bridgehead atoms. The molecule has 1 aromatic heterocycles. The zero-order valence-electron chi connectivity index (χ0n) is 11.3. The lowest BCUT2D eigenvalue weighted by molar-refractivity contribution is 0.0697. The molecule has 8 nitrogen and oxygen atoms in total. The van der Waals surface area contributed by atoms with E-state index < -0.39 is 5.97 Å². The van der Waals surface area contributed by atoms with Crippen molar-refractivity contribution < 1.29 is 19.2 Å². The van der Waals surface area contributed by atoms with Crippen molar-refractivity contribution in [2.75, 3.05) is 0 Å². The number of carboxylic acid groups (broad SMARTS) is 1. The third kappa shape index (κ3) is 4.30. The zero-order valence-corrected chi connectivity index (χ0v) is 11.3. The highest BCUT2D eigenvalue weighted by Crippen LogP contribution is 2.04. The van der Waals surface area contributed by atoms with E-state index in [0.29, 0.717) is 11.7 Å². The molecular formula is C13H14N4O4. The molecule has 0 saturated heterocycles. The Hall–Kier alpha value is -2.90. The summed E-state index contributed by atoms with van der Waals surface area (Å²) in [5.74, 6) is -0.152. The molecule has 0 aliphatic rings. The number of nitrogens with zero attached hydrogens (tertiary/aromatic N) is 2. The Morgan fingerprint density at radius 1 is 1.19 bits per heavy atom. The van der Waals surface area contributed by atoms with Crippen molar-refractivity contribution in [3.8, 4) is 0 Å². The number of hydrogen-bond acceptors (Lipinski definition) is 5. The minimum atomic E-state index is -0.984. The van der Waals surface area contributed by atoms with Gasteiger partial charge in [-0.15, -0.1) is 0 Å². The molecule has 21 heavy (non-hydrogen) atoms. The Morgan fingerprint density at radius 3 is 2.43 bits per heavy atom. The van der Waals surface area contributed by atoms with Gasteiger partial charge in [-0.2, -0.15) is 4.98 Å². The molecule has 2 amide bonds. The molecule has 0 atom stereocenters. The molecular weight excluding hydrogens is 276 g/mol. The number of carbonyl (C=O) groups is 2. The first-order valence-electron chi connectivity index (χ1n) is 6.17. The van der Waals surface area contributed by atoms with Gasteiger partial charge < -0.3 is 20.3 Å². The second-order valence-electron chi connectivity index (χ2n) is 4.27. The van der Waals surface area contributed by atoms with Crippen molar-refractivity contribution in [3.05, 3.63) is 47.1 Å². The van der Waals surface area contributed by atoms with Crippen molar-refractivity contribution in [2.45, 2.75) is 20.0 Å². The molecule has 2 rings (SSSR count). The van der Waals surface area contributed by atoms with Crippen LogP contribution in [0.3, 0.4) is 0 Å². The summed E-state index contributed by atoms with van der Waals surface area (Å²) in [6.07, 6.45) is 0. The predicted molar refractivity (Wildman–Crippen MR) is 71.5 cm³/mol. The Morgan fingerprint density at radius 2 is 1.86 bits per heavy atom. The number of aromatic nitrogens is 2. The van der Waals surface area contributed by atoms with Gasteiger partial charge in [0.25, 0.3) is 0 Å². The van der Waals surface area contributed by atoms with Crippen molar-refractivity contribution in [2.24, 2.45) is 0 Å². The van der Waals surface area contributed by atoms with Crippen molar-refractivity contribution in [1.29, 1.82) is 0 Å². The summed E-state index contributed by atoms with van der Waals surface area (Å²) in [7, 11) is 0. The summed E-state index contributed by atoms with van der Waals surface area (Å²) in [4.78, 5) is 26.2. The van der Waals surface area contributed by atoms with E-state index >= 15 is 0 Å². The van der Waals surface area contributed by atoms with Crippen LogP contribution in [0, 0.1) is 6.92 Å². The van der Waals surface area contributed by atoms with E-state index in [2.05, 4.69) is 20.8 Å². The second kappa shape index (κ2) is 6.51. The van der Waals surface area contributed by atoms with Gasteiger partial charge in [0.15, 0.2) is 5.82 Å². The number of benzene rings is 1. The normalized spacial score (nSPS) is 10.1. The number of nitrogens with one attached hydrogen (secondary N) is 2. The minimum Gasteiger partial charge on any atom is -0.478 e. The highest BCUT2D eigenvalue weighted by molar-refractivity contribution is 5.87. The van der Waals surface area contributed by atoms with Gasteiger partial charge in [0.05, 0.1) is 12.1 Å². The maximum Gasteiger partial charge on any atom is 0.335 e. The molecule has 1 heterocycles. The molecule has 0 spiro atoms. The van der Waals surface area contributed by atoms with Crippen LogP contribution in [0.1, 0.15) is 27.6 Å². The largest absolute Gasteiger partial charge is 0.478 e. The molecule has 0 fully saturated rings. The predicted octanol–water partition coefficient (Wildman–Crippen LogP) is 1.08. The molecule has 0 radical (unpaired) electrons. The third-order valence-electron chi connectivity index (χ3n) is 2.62. The fourth-order valence-corrected chi connectivity index (χ4v) is 1.58. The molecule has 1 aromatic carbocycles.